The third-order valence-electron chi connectivity index (χ3n) is 3.71. The van der Waals surface area contributed by atoms with Crippen molar-refractivity contribution in [2.75, 3.05) is 18.5 Å². The van der Waals surface area contributed by atoms with Crippen LogP contribution in [0.15, 0.2) is 24.3 Å². The summed E-state index contributed by atoms with van der Waals surface area (Å²) in [5, 5.41) is 13.5. The SMILES string of the molecule is Cn1nnnc1NC(=O)c1ccc(C2CCOCC2)cc1. The minimum absolute atomic E-state index is 0.216. The van der Waals surface area contributed by atoms with Crippen LogP contribution in [-0.2, 0) is 11.8 Å². The molecule has 1 fully saturated rings. The Kier molecular flexibility index (Phi) is 3.92. The van der Waals surface area contributed by atoms with Gasteiger partial charge in [-0.05, 0) is 46.9 Å². The number of aryl methyl sites for hydroxylation is 1. The molecule has 21 heavy (non-hydrogen) atoms. The smallest absolute Gasteiger partial charge is 0.258 e. The van der Waals surface area contributed by atoms with Crippen molar-refractivity contribution in [3.8, 4) is 0 Å². The Morgan fingerprint density at radius 3 is 2.62 bits per heavy atom. The van der Waals surface area contributed by atoms with Crippen LogP contribution in [0.4, 0.5) is 5.95 Å². The second-order valence-corrected chi connectivity index (χ2v) is 5.09. The van der Waals surface area contributed by atoms with Crippen LogP contribution >= 0.6 is 0 Å². The Labute approximate surface area is 122 Å². The van der Waals surface area contributed by atoms with Gasteiger partial charge in [-0.2, -0.15) is 0 Å². The van der Waals surface area contributed by atoms with E-state index in [1.54, 1.807) is 7.05 Å². The Morgan fingerprint density at radius 2 is 2.00 bits per heavy atom. The van der Waals surface area contributed by atoms with E-state index in [1.807, 2.05) is 24.3 Å². The van der Waals surface area contributed by atoms with Gasteiger partial charge in [0.2, 0.25) is 5.95 Å². The van der Waals surface area contributed by atoms with Gasteiger partial charge in [0.15, 0.2) is 0 Å². The first-order chi connectivity index (χ1) is 10.2. The van der Waals surface area contributed by atoms with Gasteiger partial charge in [0.25, 0.3) is 5.91 Å². The van der Waals surface area contributed by atoms with E-state index in [-0.39, 0.29) is 5.91 Å². The number of carbonyl (C=O) groups excluding carboxylic acids is 1. The lowest BCUT2D eigenvalue weighted by Gasteiger charge is -2.22. The second-order valence-electron chi connectivity index (χ2n) is 5.09. The summed E-state index contributed by atoms with van der Waals surface area (Å²) in [4.78, 5) is 12.1. The van der Waals surface area contributed by atoms with E-state index in [2.05, 4.69) is 20.8 Å². The second kappa shape index (κ2) is 6.01. The van der Waals surface area contributed by atoms with Crippen molar-refractivity contribution in [2.45, 2.75) is 18.8 Å². The van der Waals surface area contributed by atoms with Crippen LogP contribution in [-0.4, -0.2) is 39.3 Å². The monoisotopic (exact) mass is 287 g/mol. The van der Waals surface area contributed by atoms with Gasteiger partial charge in [-0.25, -0.2) is 4.68 Å². The zero-order valence-electron chi connectivity index (χ0n) is 11.8. The molecule has 0 radical (unpaired) electrons. The first kappa shape index (κ1) is 13.7. The number of carbonyl (C=O) groups is 1. The number of tetrazole rings is 1. The lowest BCUT2D eigenvalue weighted by Crippen LogP contribution is -2.16. The molecule has 1 aliphatic heterocycles. The summed E-state index contributed by atoms with van der Waals surface area (Å²) in [6.45, 7) is 1.62. The van der Waals surface area contributed by atoms with Crippen LogP contribution in [0.1, 0.15) is 34.7 Å². The van der Waals surface area contributed by atoms with Crippen LogP contribution < -0.4 is 5.32 Å². The number of benzene rings is 1. The first-order valence-electron chi connectivity index (χ1n) is 6.95. The molecule has 0 saturated carbocycles. The van der Waals surface area contributed by atoms with Gasteiger partial charge >= 0.3 is 0 Å². The largest absolute Gasteiger partial charge is 0.381 e. The molecule has 3 rings (SSSR count). The van der Waals surface area contributed by atoms with E-state index in [9.17, 15) is 4.79 Å². The zero-order valence-corrected chi connectivity index (χ0v) is 11.8. The van der Waals surface area contributed by atoms with Crippen molar-refractivity contribution in [1.82, 2.24) is 20.2 Å². The molecule has 1 amide bonds. The number of anilines is 1. The Hall–Kier alpha value is -2.28. The Balaban J connectivity index is 1.68. The zero-order chi connectivity index (χ0) is 14.7. The van der Waals surface area contributed by atoms with Crippen LogP contribution in [0.2, 0.25) is 0 Å². The van der Waals surface area contributed by atoms with Crippen LogP contribution in [0.25, 0.3) is 0 Å². The topological polar surface area (TPSA) is 81.9 Å². The fourth-order valence-corrected chi connectivity index (χ4v) is 2.45. The standard InChI is InChI=1S/C14H17N5O2/c1-19-14(16-17-18-19)15-13(20)12-4-2-10(3-5-12)11-6-8-21-9-7-11/h2-5,11H,6-9H2,1H3,(H,15,16,18,20). The van der Waals surface area contributed by atoms with Gasteiger partial charge in [0, 0.05) is 25.8 Å². The van der Waals surface area contributed by atoms with Crippen molar-refractivity contribution in [3.05, 3.63) is 35.4 Å². The van der Waals surface area contributed by atoms with Gasteiger partial charge in [0.1, 0.15) is 0 Å². The van der Waals surface area contributed by atoms with Crippen molar-refractivity contribution >= 4 is 11.9 Å². The molecule has 1 aromatic heterocycles. The molecule has 0 spiro atoms. The minimum Gasteiger partial charge on any atom is -0.381 e. The molecule has 0 aliphatic carbocycles. The lowest BCUT2D eigenvalue weighted by molar-refractivity contribution is 0.0853. The van der Waals surface area contributed by atoms with E-state index in [0.29, 0.717) is 17.4 Å². The highest BCUT2D eigenvalue weighted by Crippen LogP contribution is 2.26. The minimum atomic E-state index is -0.216. The number of aromatic nitrogens is 4. The first-order valence-corrected chi connectivity index (χ1v) is 6.95. The van der Waals surface area contributed by atoms with E-state index in [4.69, 9.17) is 4.74 Å². The van der Waals surface area contributed by atoms with E-state index in [0.717, 1.165) is 26.1 Å². The van der Waals surface area contributed by atoms with E-state index >= 15 is 0 Å². The maximum atomic E-state index is 12.1. The predicted octanol–water partition coefficient (Wildman–Crippen LogP) is 1.36. The highest BCUT2D eigenvalue weighted by molar-refractivity contribution is 6.03. The summed E-state index contributed by atoms with van der Waals surface area (Å²) >= 11 is 0. The maximum Gasteiger partial charge on any atom is 0.258 e. The number of ether oxygens (including phenoxy) is 1. The number of nitrogens with one attached hydrogen (secondary N) is 1. The normalized spacial score (nSPS) is 15.9. The van der Waals surface area contributed by atoms with Crippen molar-refractivity contribution in [1.29, 1.82) is 0 Å². The third-order valence-corrected chi connectivity index (χ3v) is 3.71. The molecule has 7 nitrogen and oxygen atoms in total. The molecule has 1 aromatic carbocycles. The van der Waals surface area contributed by atoms with Gasteiger partial charge in [-0.1, -0.05) is 17.2 Å². The quantitative estimate of drug-likeness (QED) is 0.921. The summed E-state index contributed by atoms with van der Waals surface area (Å²) in [5.74, 6) is 0.638. The Bertz CT molecular complexity index is 617. The molecule has 0 bridgehead atoms. The average Bonchev–Trinajstić information content (AvgIpc) is 2.93. The third kappa shape index (κ3) is 3.08. The van der Waals surface area contributed by atoms with Gasteiger partial charge in [0.05, 0.1) is 0 Å². The van der Waals surface area contributed by atoms with Gasteiger partial charge in [-0.15, -0.1) is 0 Å². The fourth-order valence-electron chi connectivity index (χ4n) is 2.45. The van der Waals surface area contributed by atoms with Crippen LogP contribution in [0.5, 0.6) is 0 Å². The van der Waals surface area contributed by atoms with Gasteiger partial charge in [-0.3, -0.25) is 10.1 Å². The van der Waals surface area contributed by atoms with Crippen molar-refractivity contribution in [3.63, 3.8) is 0 Å². The van der Waals surface area contributed by atoms with Crippen LogP contribution in [0.3, 0.4) is 0 Å². The molecule has 0 unspecified atom stereocenters. The summed E-state index contributed by atoms with van der Waals surface area (Å²) in [7, 11) is 1.67. The maximum absolute atomic E-state index is 12.1. The summed E-state index contributed by atoms with van der Waals surface area (Å²) in [6.07, 6.45) is 2.08. The van der Waals surface area contributed by atoms with Crippen LogP contribution in [0, 0.1) is 0 Å². The molecular formula is C14H17N5O2. The highest BCUT2D eigenvalue weighted by atomic mass is 16.5. The van der Waals surface area contributed by atoms with E-state index < -0.39 is 0 Å². The summed E-state index contributed by atoms with van der Waals surface area (Å²) in [6, 6.07) is 7.70. The number of hydrogen-bond acceptors (Lipinski definition) is 5. The summed E-state index contributed by atoms with van der Waals surface area (Å²) in [5.41, 5.74) is 1.85. The molecular weight excluding hydrogens is 270 g/mol. The fraction of sp³-hybridized carbons (Fsp3) is 0.429. The predicted molar refractivity (Wildman–Crippen MR) is 76.0 cm³/mol. The molecule has 2 heterocycles. The average molecular weight is 287 g/mol. The molecule has 0 atom stereocenters. The van der Waals surface area contributed by atoms with Gasteiger partial charge < -0.3 is 4.74 Å². The molecule has 1 N–H and O–H groups in total. The molecule has 1 aliphatic rings. The molecule has 2 aromatic rings. The number of rotatable bonds is 3. The molecule has 1 saturated heterocycles. The molecule has 110 valence electrons. The van der Waals surface area contributed by atoms with E-state index in [1.165, 1.54) is 10.2 Å². The lowest BCUT2D eigenvalue weighted by atomic mass is 9.91. The number of amides is 1. The highest BCUT2D eigenvalue weighted by Gasteiger charge is 2.16. The van der Waals surface area contributed by atoms with Crippen molar-refractivity contribution in [2.24, 2.45) is 7.05 Å². The number of hydrogen-bond donors (Lipinski definition) is 1. The number of nitrogens with zero attached hydrogens (tertiary/aromatic N) is 4. The summed E-state index contributed by atoms with van der Waals surface area (Å²) < 4.78 is 6.78. The molecule has 7 heteroatoms. The Morgan fingerprint density at radius 1 is 1.29 bits per heavy atom. The van der Waals surface area contributed by atoms with Crippen molar-refractivity contribution < 1.29 is 9.53 Å².